The second-order valence-electron chi connectivity index (χ2n) is 8.83. The number of hydrogen-bond acceptors (Lipinski definition) is 6. The van der Waals surface area contributed by atoms with Crippen LogP contribution in [0.5, 0.6) is 0 Å². The molecular formula is C26H34O6. The molecule has 174 valence electrons. The van der Waals surface area contributed by atoms with Gasteiger partial charge in [-0.05, 0) is 49.9 Å². The maximum atomic E-state index is 12.5. The number of carbonyl (C=O) groups excluding carboxylic acids is 2. The van der Waals surface area contributed by atoms with E-state index >= 15 is 0 Å². The molecule has 6 heteroatoms. The lowest BCUT2D eigenvalue weighted by Gasteiger charge is -2.34. The summed E-state index contributed by atoms with van der Waals surface area (Å²) in [5.74, 6) is -0.733. The standard InChI is InChI=1S/C26H34O6/c1-25(2,23(27)31-7)21(29-5)19-15-11-9-13-17(19)18-14-10-12-16-20(18)22(30-6)26(3,4)24(28)32-8/h9-16,21-22H,1-8H3. The fraction of sp³-hybridized carbons (Fsp3) is 0.462. The minimum absolute atomic E-state index is 0.367. The van der Waals surface area contributed by atoms with Crippen molar-refractivity contribution in [2.75, 3.05) is 28.4 Å². The van der Waals surface area contributed by atoms with Crippen molar-refractivity contribution in [1.82, 2.24) is 0 Å². The summed E-state index contributed by atoms with van der Waals surface area (Å²) >= 11 is 0. The molecular weight excluding hydrogens is 408 g/mol. The lowest BCUT2D eigenvalue weighted by atomic mass is 9.77. The van der Waals surface area contributed by atoms with Gasteiger partial charge < -0.3 is 18.9 Å². The number of ether oxygens (including phenoxy) is 4. The normalized spacial score (nSPS) is 13.9. The van der Waals surface area contributed by atoms with Gasteiger partial charge in [0.15, 0.2) is 0 Å². The fourth-order valence-electron chi connectivity index (χ4n) is 4.30. The molecule has 2 atom stereocenters. The highest BCUT2D eigenvalue weighted by Gasteiger charge is 2.42. The molecule has 0 aliphatic rings. The van der Waals surface area contributed by atoms with Gasteiger partial charge in [-0.3, -0.25) is 9.59 Å². The molecule has 2 aromatic carbocycles. The molecule has 0 N–H and O–H groups in total. The van der Waals surface area contributed by atoms with E-state index in [-0.39, 0.29) is 11.9 Å². The molecule has 6 nitrogen and oxygen atoms in total. The molecule has 0 heterocycles. The predicted octanol–water partition coefficient (Wildman–Crippen LogP) is 5.13. The van der Waals surface area contributed by atoms with Crippen LogP contribution in [0.25, 0.3) is 11.1 Å². The predicted molar refractivity (Wildman–Crippen MR) is 123 cm³/mol. The summed E-state index contributed by atoms with van der Waals surface area (Å²) in [7, 11) is 5.90. The smallest absolute Gasteiger partial charge is 0.314 e. The maximum Gasteiger partial charge on any atom is 0.314 e. The average Bonchev–Trinajstić information content (AvgIpc) is 2.79. The molecule has 0 aliphatic heterocycles. The Balaban J connectivity index is 2.73. The van der Waals surface area contributed by atoms with Gasteiger partial charge in [0, 0.05) is 14.2 Å². The number of hydrogen-bond donors (Lipinski definition) is 0. The van der Waals surface area contributed by atoms with Crippen molar-refractivity contribution >= 4 is 11.9 Å². The molecule has 32 heavy (non-hydrogen) atoms. The molecule has 0 radical (unpaired) electrons. The monoisotopic (exact) mass is 442 g/mol. The van der Waals surface area contributed by atoms with Crippen LogP contribution in [0.15, 0.2) is 48.5 Å². The summed E-state index contributed by atoms with van der Waals surface area (Å²) in [6.07, 6.45) is -1.12. The Kier molecular flexibility index (Phi) is 8.21. The second-order valence-corrected chi connectivity index (χ2v) is 8.83. The summed E-state index contributed by atoms with van der Waals surface area (Å²) in [5, 5.41) is 0. The van der Waals surface area contributed by atoms with E-state index in [1.807, 2.05) is 48.5 Å². The van der Waals surface area contributed by atoms with E-state index in [9.17, 15) is 9.59 Å². The second kappa shape index (κ2) is 10.3. The van der Waals surface area contributed by atoms with Crippen LogP contribution in [0, 0.1) is 10.8 Å². The van der Waals surface area contributed by atoms with Crippen LogP contribution >= 0.6 is 0 Å². The third kappa shape index (κ3) is 4.71. The number of carbonyl (C=O) groups is 2. The summed E-state index contributed by atoms with van der Waals surface area (Å²) in [5.41, 5.74) is 1.58. The third-order valence-electron chi connectivity index (χ3n) is 5.98. The lowest BCUT2D eigenvalue weighted by Crippen LogP contribution is -2.34. The van der Waals surface area contributed by atoms with E-state index in [0.29, 0.717) is 0 Å². The molecule has 0 bridgehead atoms. The van der Waals surface area contributed by atoms with Crippen molar-refractivity contribution < 1.29 is 28.5 Å². The molecule has 2 rings (SSSR count). The van der Waals surface area contributed by atoms with Crippen molar-refractivity contribution in [3.8, 4) is 11.1 Å². The number of esters is 2. The molecule has 0 saturated heterocycles. The maximum absolute atomic E-state index is 12.5. The first-order valence-corrected chi connectivity index (χ1v) is 10.5. The third-order valence-corrected chi connectivity index (χ3v) is 5.98. The minimum Gasteiger partial charge on any atom is -0.469 e. The summed E-state index contributed by atoms with van der Waals surface area (Å²) in [6.45, 7) is 7.20. The topological polar surface area (TPSA) is 71.1 Å². The van der Waals surface area contributed by atoms with Crippen molar-refractivity contribution in [2.45, 2.75) is 39.9 Å². The SMILES string of the molecule is COC(=O)C(C)(C)C(OC)c1ccccc1-c1ccccc1C(OC)C(C)(C)C(=O)OC. The van der Waals surface area contributed by atoms with Crippen molar-refractivity contribution in [1.29, 1.82) is 0 Å². The van der Waals surface area contributed by atoms with Gasteiger partial charge in [-0.15, -0.1) is 0 Å². The highest BCUT2D eigenvalue weighted by atomic mass is 16.5. The Bertz CT molecular complexity index is 869. The molecule has 2 aromatic rings. The van der Waals surface area contributed by atoms with E-state index in [1.54, 1.807) is 41.9 Å². The largest absolute Gasteiger partial charge is 0.469 e. The van der Waals surface area contributed by atoms with Crippen LogP contribution in [0.1, 0.15) is 51.0 Å². The fourth-order valence-corrected chi connectivity index (χ4v) is 4.30. The molecule has 0 aliphatic carbocycles. The van der Waals surface area contributed by atoms with Crippen LogP contribution in [0.3, 0.4) is 0 Å². The molecule has 0 saturated carbocycles. The van der Waals surface area contributed by atoms with Crippen LogP contribution in [0.4, 0.5) is 0 Å². The minimum atomic E-state index is -0.930. The van der Waals surface area contributed by atoms with E-state index in [1.165, 1.54) is 14.2 Å². The number of rotatable bonds is 9. The molecule has 0 fully saturated rings. The Morgan fingerprint density at radius 1 is 0.625 bits per heavy atom. The lowest BCUT2D eigenvalue weighted by molar-refractivity contribution is -0.160. The first-order valence-electron chi connectivity index (χ1n) is 10.5. The van der Waals surface area contributed by atoms with Gasteiger partial charge in [-0.25, -0.2) is 0 Å². The first-order chi connectivity index (χ1) is 15.1. The summed E-state index contributed by atoms with van der Waals surface area (Å²) in [6, 6.07) is 15.5. The molecule has 0 spiro atoms. The zero-order chi connectivity index (χ0) is 24.1. The quantitative estimate of drug-likeness (QED) is 0.502. The summed E-state index contributed by atoms with van der Waals surface area (Å²) < 4.78 is 21.7. The zero-order valence-electron chi connectivity index (χ0n) is 20.2. The van der Waals surface area contributed by atoms with Crippen LogP contribution in [-0.4, -0.2) is 40.4 Å². The van der Waals surface area contributed by atoms with Crippen LogP contribution < -0.4 is 0 Å². The van der Waals surface area contributed by atoms with Gasteiger partial charge in [0.1, 0.15) is 0 Å². The van der Waals surface area contributed by atoms with Gasteiger partial charge in [0.25, 0.3) is 0 Å². The van der Waals surface area contributed by atoms with E-state index < -0.39 is 23.0 Å². The highest BCUT2D eigenvalue weighted by molar-refractivity contribution is 5.80. The zero-order valence-corrected chi connectivity index (χ0v) is 20.2. The van der Waals surface area contributed by atoms with Gasteiger partial charge in [-0.1, -0.05) is 48.5 Å². The van der Waals surface area contributed by atoms with E-state index in [4.69, 9.17) is 18.9 Å². The van der Waals surface area contributed by atoms with E-state index in [2.05, 4.69) is 0 Å². The van der Waals surface area contributed by atoms with Crippen molar-refractivity contribution in [3.05, 3.63) is 59.7 Å². The van der Waals surface area contributed by atoms with Crippen molar-refractivity contribution in [2.24, 2.45) is 10.8 Å². The van der Waals surface area contributed by atoms with E-state index in [0.717, 1.165) is 22.3 Å². The van der Waals surface area contributed by atoms with Crippen molar-refractivity contribution in [3.63, 3.8) is 0 Å². The molecule has 2 unspecified atom stereocenters. The Hall–Kier alpha value is -2.70. The first kappa shape index (κ1) is 25.6. The van der Waals surface area contributed by atoms with Gasteiger partial charge in [0.05, 0.1) is 37.3 Å². The summed E-state index contributed by atoms with van der Waals surface area (Å²) in [4.78, 5) is 25.1. The van der Waals surface area contributed by atoms with Gasteiger partial charge in [0.2, 0.25) is 0 Å². The van der Waals surface area contributed by atoms with Crippen LogP contribution in [-0.2, 0) is 28.5 Å². The average molecular weight is 443 g/mol. The Morgan fingerprint density at radius 3 is 1.22 bits per heavy atom. The highest BCUT2D eigenvalue weighted by Crippen LogP contribution is 2.45. The molecule has 0 aromatic heterocycles. The van der Waals surface area contributed by atoms with Gasteiger partial charge in [-0.2, -0.15) is 0 Å². The molecule has 0 amide bonds. The number of benzene rings is 2. The Labute approximate surface area is 190 Å². The van der Waals surface area contributed by atoms with Gasteiger partial charge >= 0.3 is 11.9 Å². The number of methoxy groups -OCH3 is 4. The Morgan fingerprint density at radius 2 is 0.938 bits per heavy atom. The van der Waals surface area contributed by atoms with Crippen LogP contribution in [0.2, 0.25) is 0 Å².